The van der Waals surface area contributed by atoms with E-state index in [1.807, 2.05) is 0 Å². The van der Waals surface area contributed by atoms with Crippen molar-refractivity contribution in [3.05, 3.63) is 23.8 Å². The lowest BCUT2D eigenvalue weighted by atomic mass is 10.0. The van der Waals surface area contributed by atoms with Crippen LogP contribution in [0.3, 0.4) is 0 Å². The number of hydrogen-bond acceptors (Lipinski definition) is 2. The summed E-state index contributed by atoms with van der Waals surface area (Å²) in [6.45, 7) is 1.16. The summed E-state index contributed by atoms with van der Waals surface area (Å²) in [5, 5.41) is 0. The normalized spacial score (nSPS) is 19.6. The van der Waals surface area contributed by atoms with E-state index in [-0.39, 0.29) is 0 Å². The molecule has 13 heavy (non-hydrogen) atoms. The molecule has 0 aromatic rings. The Balaban J connectivity index is 2.08. The fourth-order valence-electron chi connectivity index (χ4n) is 1.38. The Kier molecular flexibility index (Phi) is 5.54. The van der Waals surface area contributed by atoms with E-state index in [0.29, 0.717) is 6.79 Å². The maximum absolute atomic E-state index is 5.18. The van der Waals surface area contributed by atoms with Gasteiger partial charge in [0, 0.05) is 7.11 Å². The number of methoxy groups -OCH3 is 1. The van der Waals surface area contributed by atoms with Crippen LogP contribution in [0.2, 0.25) is 0 Å². The maximum Gasteiger partial charge on any atom is 0.146 e. The van der Waals surface area contributed by atoms with Gasteiger partial charge in [-0.05, 0) is 25.7 Å². The molecule has 0 aromatic carbocycles. The molecule has 1 aliphatic carbocycles. The van der Waals surface area contributed by atoms with E-state index in [0.717, 1.165) is 13.0 Å². The molecule has 1 aliphatic rings. The summed E-state index contributed by atoms with van der Waals surface area (Å²) in [5.41, 5.74) is 1.45. The first-order valence-corrected chi connectivity index (χ1v) is 4.86. The molecule has 0 N–H and O–H groups in total. The van der Waals surface area contributed by atoms with Crippen LogP contribution >= 0.6 is 0 Å². The molecule has 0 unspecified atom stereocenters. The van der Waals surface area contributed by atoms with Gasteiger partial charge in [-0.15, -0.1) is 0 Å². The zero-order chi connectivity index (χ0) is 9.36. The smallest absolute Gasteiger partial charge is 0.146 e. The van der Waals surface area contributed by atoms with Crippen molar-refractivity contribution < 1.29 is 9.47 Å². The number of hydrogen-bond donors (Lipinski definition) is 0. The Morgan fingerprint density at radius 1 is 1.54 bits per heavy atom. The number of ether oxygens (including phenoxy) is 2. The second-order valence-electron chi connectivity index (χ2n) is 3.18. The summed E-state index contributed by atoms with van der Waals surface area (Å²) in [5.74, 6) is 0. The van der Waals surface area contributed by atoms with E-state index in [9.17, 15) is 0 Å². The van der Waals surface area contributed by atoms with Crippen molar-refractivity contribution in [3.63, 3.8) is 0 Å². The van der Waals surface area contributed by atoms with Gasteiger partial charge in [-0.25, -0.2) is 0 Å². The van der Waals surface area contributed by atoms with Crippen LogP contribution in [0.5, 0.6) is 0 Å². The topological polar surface area (TPSA) is 18.5 Å². The van der Waals surface area contributed by atoms with E-state index >= 15 is 0 Å². The lowest BCUT2D eigenvalue weighted by molar-refractivity contribution is -0.0286. The highest BCUT2D eigenvalue weighted by atomic mass is 16.7. The summed E-state index contributed by atoms with van der Waals surface area (Å²) in [4.78, 5) is 0. The minimum Gasteiger partial charge on any atom is -0.359 e. The van der Waals surface area contributed by atoms with Crippen LogP contribution in [0.4, 0.5) is 0 Å². The third kappa shape index (κ3) is 4.86. The third-order valence-corrected chi connectivity index (χ3v) is 2.04. The maximum atomic E-state index is 5.18. The summed E-state index contributed by atoms with van der Waals surface area (Å²) in [7, 11) is 1.64. The molecule has 0 fully saturated rings. The molecule has 2 heteroatoms. The van der Waals surface area contributed by atoms with Crippen LogP contribution in [-0.4, -0.2) is 20.5 Å². The minimum atomic E-state index is 0.402. The molecular weight excluding hydrogens is 164 g/mol. The van der Waals surface area contributed by atoms with Crippen molar-refractivity contribution in [1.82, 2.24) is 0 Å². The van der Waals surface area contributed by atoms with Crippen molar-refractivity contribution >= 4 is 0 Å². The molecule has 0 aliphatic heterocycles. The molecule has 0 atom stereocenters. The van der Waals surface area contributed by atoms with Gasteiger partial charge in [0.1, 0.15) is 6.79 Å². The molecule has 0 saturated carbocycles. The largest absolute Gasteiger partial charge is 0.359 e. The van der Waals surface area contributed by atoms with Gasteiger partial charge in [0.05, 0.1) is 6.61 Å². The molecule has 0 radical (unpaired) electrons. The number of allylic oxidation sites excluding steroid dienone is 3. The third-order valence-electron chi connectivity index (χ3n) is 2.04. The molecule has 0 amide bonds. The molecular formula is C11H18O2. The van der Waals surface area contributed by atoms with Gasteiger partial charge >= 0.3 is 0 Å². The summed E-state index contributed by atoms with van der Waals surface area (Å²) in [6.07, 6.45) is 11.5. The molecule has 0 spiro atoms. The predicted octanol–water partition coefficient (Wildman–Crippen LogP) is 2.66. The van der Waals surface area contributed by atoms with E-state index < -0.39 is 0 Å². The summed E-state index contributed by atoms with van der Waals surface area (Å²) >= 11 is 0. The zero-order valence-electron chi connectivity index (χ0n) is 8.29. The fourth-order valence-corrected chi connectivity index (χ4v) is 1.38. The quantitative estimate of drug-likeness (QED) is 0.480. The van der Waals surface area contributed by atoms with Gasteiger partial charge in [-0.3, -0.25) is 0 Å². The first-order chi connectivity index (χ1) is 6.43. The molecule has 0 heterocycles. The Morgan fingerprint density at radius 2 is 2.46 bits per heavy atom. The van der Waals surface area contributed by atoms with E-state index in [1.165, 1.54) is 24.8 Å². The van der Waals surface area contributed by atoms with Crippen LogP contribution in [-0.2, 0) is 9.47 Å². The average Bonchev–Trinajstić information content (AvgIpc) is 2.19. The lowest BCUT2D eigenvalue weighted by Gasteiger charge is -2.06. The highest BCUT2D eigenvalue weighted by molar-refractivity contribution is 5.20. The van der Waals surface area contributed by atoms with Gasteiger partial charge in [0.2, 0.25) is 0 Å². The zero-order valence-corrected chi connectivity index (χ0v) is 8.29. The van der Waals surface area contributed by atoms with Crippen molar-refractivity contribution in [2.24, 2.45) is 0 Å². The van der Waals surface area contributed by atoms with Crippen molar-refractivity contribution in [2.45, 2.75) is 25.7 Å². The molecule has 0 bridgehead atoms. The van der Waals surface area contributed by atoms with Crippen molar-refractivity contribution in [2.75, 3.05) is 20.5 Å². The van der Waals surface area contributed by atoms with E-state index in [1.54, 1.807) is 7.11 Å². The monoisotopic (exact) mass is 182 g/mol. The highest BCUT2D eigenvalue weighted by Crippen LogP contribution is 2.16. The molecule has 74 valence electrons. The molecule has 0 saturated heterocycles. The van der Waals surface area contributed by atoms with E-state index in [4.69, 9.17) is 9.47 Å². The molecule has 2 nitrogen and oxygen atoms in total. The fraction of sp³-hybridized carbons (Fsp3) is 0.636. The van der Waals surface area contributed by atoms with Crippen molar-refractivity contribution in [3.8, 4) is 0 Å². The van der Waals surface area contributed by atoms with Gasteiger partial charge in [0.15, 0.2) is 0 Å². The van der Waals surface area contributed by atoms with Gasteiger partial charge in [0.25, 0.3) is 0 Å². The second kappa shape index (κ2) is 6.87. The van der Waals surface area contributed by atoms with Crippen LogP contribution in [0.1, 0.15) is 25.7 Å². The van der Waals surface area contributed by atoms with Gasteiger partial charge in [-0.1, -0.05) is 23.8 Å². The van der Waals surface area contributed by atoms with Gasteiger partial charge in [-0.2, -0.15) is 0 Å². The van der Waals surface area contributed by atoms with Crippen LogP contribution in [0.15, 0.2) is 23.8 Å². The van der Waals surface area contributed by atoms with Crippen LogP contribution in [0, 0.1) is 0 Å². The lowest BCUT2D eigenvalue weighted by Crippen LogP contribution is -1.97. The second-order valence-corrected chi connectivity index (χ2v) is 3.18. The summed E-state index contributed by atoms with van der Waals surface area (Å²) in [6, 6.07) is 0. The minimum absolute atomic E-state index is 0.402. The first kappa shape index (κ1) is 10.5. The Labute approximate surface area is 80.2 Å². The first-order valence-electron chi connectivity index (χ1n) is 4.86. The standard InChI is InChI=1S/C11H18O2/c1-12-10-13-9-5-8-11-6-3-2-4-7-11/h3,6,8H,2,4-5,7,9-10H2,1H3/b11-8+. The Morgan fingerprint density at radius 3 is 3.15 bits per heavy atom. The van der Waals surface area contributed by atoms with Crippen LogP contribution < -0.4 is 0 Å². The van der Waals surface area contributed by atoms with E-state index in [2.05, 4.69) is 18.2 Å². The van der Waals surface area contributed by atoms with Crippen molar-refractivity contribution in [1.29, 1.82) is 0 Å². The summed E-state index contributed by atoms with van der Waals surface area (Å²) < 4.78 is 9.96. The highest BCUT2D eigenvalue weighted by Gasteiger charge is 1.97. The Bertz CT molecular complexity index is 183. The molecule has 0 aromatic heterocycles. The SMILES string of the molecule is COCOCC/C=C1\C=CCCC1. The Hall–Kier alpha value is -0.600. The van der Waals surface area contributed by atoms with Crippen LogP contribution in [0.25, 0.3) is 0 Å². The molecule has 1 rings (SSSR count). The predicted molar refractivity (Wildman–Crippen MR) is 53.5 cm³/mol. The number of rotatable bonds is 5. The van der Waals surface area contributed by atoms with Gasteiger partial charge < -0.3 is 9.47 Å². The average molecular weight is 182 g/mol.